The normalized spacial score (nSPS) is 15.6. The first-order valence-corrected chi connectivity index (χ1v) is 20.0. The lowest BCUT2D eigenvalue weighted by atomic mass is 9.75. The number of fused-ring (bicyclic) bond motifs is 2. The molecule has 0 bridgehead atoms. The van der Waals surface area contributed by atoms with Gasteiger partial charge in [-0.3, -0.25) is 0 Å². The molecule has 0 fully saturated rings. The van der Waals surface area contributed by atoms with Crippen molar-refractivity contribution in [2.24, 2.45) is 20.0 Å². The van der Waals surface area contributed by atoms with Gasteiger partial charge in [-0.1, -0.05) is 182 Å². The highest BCUT2D eigenvalue weighted by atomic mass is 15.3. The van der Waals surface area contributed by atoms with Gasteiger partial charge in [0.1, 0.15) is 0 Å². The zero-order chi connectivity index (χ0) is 39.4. The Morgan fingerprint density at radius 1 is 0.276 bits per heavy atom. The summed E-state index contributed by atoms with van der Waals surface area (Å²) in [5.74, 6) is 0. The molecule has 10 rings (SSSR count). The summed E-state index contributed by atoms with van der Waals surface area (Å²) in [5, 5.41) is 4.48. The van der Waals surface area contributed by atoms with E-state index in [0.717, 1.165) is 88.9 Å². The second-order valence-electron chi connectivity index (χ2n) is 15.5. The Morgan fingerprint density at radius 3 is 0.793 bits per heavy atom. The summed E-state index contributed by atoms with van der Waals surface area (Å²) < 4.78 is 0. The second-order valence-corrected chi connectivity index (χ2v) is 15.5. The molecule has 4 heteroatoms. The van der Waals surface area contributed by atoms with Gasteiger partial charge >= 0.3 is 0 Å². The van der Waals surface area contributed by atoms with Crippen molar-refractivity contribution in [3.05, 3.63) is 238 Å². The molecular formula is C54H42N4. The second kappa shape index (κ2) is 13.9. The molecule has 0 N–H and O–H groups in total. The van der Waals surface area contributed by atoms with E-state index in [2.05, 4.69) is 210 Å². The first-order valence-electron chi connectivity index (χ1n) is 20.0. The average molecular weight is 747 g/mol. The number of nitrogens with zero attached hydrogens (tertiary/aromatic N) is 4. The SMILES string of the molecule is Cc1cc(C)c2ccccc2c1C1(C2(c3c(C)cc(C)c4ccccc34)N=C(c3ccccc3)C(c3ccccc3)=N2)N=C(c2ccccc2)C(c2ccccc2)=N1. The minimum absolute atomic E-state index is 0.809. The van der Waals surface area contributed by atoms with Gasteiger partial charge in [0.15, 0.2) is 0 Å². The number of hydrogen-bond acceptors (Lipinski definition) is 4. The molecule has 8 aromatic carbocycles. The molecule has 2 heterocycles. The molecule has 2 aliphatic heterocycles. The zero-order valence-electron chi connectivity index (χ0n) is 33.1. The number of aliphatic imine (C=N–C) groups is 4. The first-order chi connectivity index (χ1) is 28.4. The van der Waals surface area contributed by atoms with Gasteiger partial charge in [0, 0.05) is 33.4 Å². The van der Waals surface area contributed by atoms with Gasteiger partial charge in [0.05, 0.1) is 22.8 Å². The van der Waals surface area contributed by atoms with Gasteiger partial charge < -0.3 is 0 Å². The maximum atomic E-state index is 6.11. The Balaban J connectivity index is 1.48. The predicted molar refractivity (Wildman–Crippen MR) is 242 cm³/mol. The summed E-state index contributed by atoms with van der Waals surface area (Å²) in [5.41, 5.74) is 10.9. The molecular weight excluding hydrogens is 705 g/mol. The highest BCUT2D eigenvalue weighted by molar-refractivity contribution is 6.56. The Kier molecular flexibility index (Phi) is 8.45. The van der Waals surface area contributed by atoms with Crippen LogP contribution >= 0.6 is 0 Å². The van der Waals surface area contributed by atoms with Crippen LogP contribution in [0.1, 0.15) is 55.6 Å². The lowest BCUT2D eigenvalue weighted by Gasteiger charge is -2.41. The maximum absolute atomic E-state index is 6.11. The maximum Gasteiger partial charge on any atom is 0.227 e. The van der Waals surface area contributed by atoms with E-state index in [-0.39, 0.29) is 0 Å². The van der Waals surface area contributed by atoms with E-state index in [1.54, 1.807) is 0 Å². The van der Waals surface area contributed by atoms with Crippen LogP contribution in [0.4, 0.5) is 0 Å². The predicted octanol–water partition coefficient (Wildman–Crippen LogP) is 12.2. The van der Waals surface area contributed by atoms with Crippen LogP contribution < -0.4 is 0 Å². The summed E-state index contributed by atoms with van der Waals surface area (Å²) in [6.07, 6.45) is 0. The van der Waals surface area contributed by atoms with Crippen LogP contribution in [0, 0.1) is 27.7 Å². The van der Waals surface area contributed by atoms with E-state index in [1.165, 1.54) is 11.1 Å². The fourth-order valence-electron chi connectivity index (χ4n) is 9.37. The van der Waals surface area contributed by atoms with Crippen LogP contribution in [-0.2, 0) is 11.3 Å². The minimum atomic E-state index is -1.42. The fraction of sp³-hybridized carbons (Fsp3) is 0.111. The van der Waals surface area contributed by atoms with Crippen molar-refractivity contribution in [1.29, 1.82) is 0 Å². The standard InChI is InChI=1S/C54H42N4/c1-35-33-37(3)47(45-31-19-17-29-43(35)45)53(55-49(39-21-9-5-10-22-39)50(56-53)40-23-11-6-12-24-40)54(48-38(4)34-36(2)44-30-18-20-32-46(44)48)57-51(41-25-13-7-14-26-41)52(58-54)42-27-15-8-16-28-42/h5-34H,1-4H3. The Bertz CT molecular complexity index is 2690. The molecule has 0 atom stereocenters. The highest BCUT2D eigenvalue weighted by Crippen LogP contribution is 2.58. The molecule has 0 amide bonds. The molecule has 4 nitrogen and oxygen atoms in total. The van der Waals surface area contributed by atoms with Crippen molar-refractivity contribution in [2.75, 3.05) is 0 Å². The lowest BCUT2D eigenvalue weighted by Crippen LogP contribution is -2.44. The number of hydrogen-bond donors (Lipinski definition) is 0. The summed E-state index contributed by atoms with van der Waals surface area (Å²) >= 11 is 0. The van der Waals surface area contributed by atoms with Crippen LogP contribution in [0.2, 0.25) is 0 Å². The summed E-state index contributed by atoms with van der Waals surface area (Å²) in [4.78, 5) is 24.5. The monoisotopic (exact) mass is 746 g/mol. The number of rotatable bonds is 7. The lowest BCUT2D eigenvalue weighted by molar-refractivity contribution is 0.259. The van der Waals surface area contributed by atoms with E-state index in [1.807, 2.05) is 0 Å². The zero-order valence-corrected chi connectivity index (χ0v) is 33.1. The topological polar surface area (TPSA) is 49.4 Å². The highest BCUT2D eigenvalue weighted by Gasteiger charge is 2.62. The molecule has 2 aliphatic rings. The summed E-state index contributed by atoms with van der Waals surface area (Å²) in [6.45, 7) is 8.80. The molecule has 58 heavy (non-hydrogen) atoms. The average Bonchev–Trinajstić information content (AvgIpc) is 3.88. The smallest absolute Gasteiger partial charge is 0.227 e. The van der Waals surface area contributed by atoms with Gasteiger partial charge in [-0.25, -0.2) is 20.0 Å². The molecule has 0 radical (unpaired) electrons. The summed E-state index contributed by atoms with van der Waals surface area (Å²) in [6, 6.07) is 63.9. The van der Waals surface area contributed by atoms with Crippen molar-refractivity contribution in [3.8, 4) is 0 Å². The molecule has 0 saturated heterocycles. The molecule has 0 spiro atoms. The molecule has 8 aromatic rings. The first kappa shape index (κ1) is 35.4. The van der Waals surface area contributed by atoms with Gasteiger partial charge in [-0.2, -0.15) is 0 Å². The largest absolute Gasteiger partial charge is 0.243 e. The van der Waals surface area contributed by atoms with Crippen molar-refractivity contribution >= 4 is 44.4 Å². The van der Waals surface area contributed by atoms with Crippen molar-refractivity contribution in [3.63, 3.8) is 0 Å². The Labute approximate surface area is 339 Å². The van der Waals surface area contributed by atoms with E-state index in [4.69, 9.17) is 20.0 Å². The third-order valence-electron chi connectivity index (χ3n) is 11.8. The third-order valence-corrected chi connectivity index (χ3v) is 11.8. The van der Waals surface area contributed by atoms with Crippen LogP contribution in [0.15, 0.2) is 202 Å². The van der Waals surface area contributed by atoms with E-state index in [9.17, 15) is 0 Å². The van der Waals surface area contributed by atoms with Crippen LogP contribution in [-0.4, -0.2) is 22.8 Å². The van der Waals surface area contributed by atoms with Gasteiger partial charge in [-0.15, -0.1) is 0 Å². The van der Waals surface area contributed by atoms with E-state index in [0.29, 0.717) is 0 Å². The van der Waals surface area contributed by atoms with Crippen molar-refractivity contribution in [1.82, 2.24) is 0 Å². The van der Waals surface area contributed by atoms with E-state index < -0.39 is 11.3 Å². The molecule has 0 aliphatic carbocycles. The van der Waals surface area contributed by atoms with Crippen LogP contribution in [0.3, 0.4) is 0 Å². The van der Waals surface area contributed by atoms with E-state index >= 15 is 0 Å². The van der Waals surface area contributed by atoms with Gasteiger partial charge in [0.2, 0.25) is 11.3 Å². The fourth-order valence-corrected chi connectivity index (χ4v) is 9.37. The van der Waals surface area contributed by atoms with Crippen LogP contribution in [0.25, 0.3) is 21.5 Å². The number of aryl methyl sites for hydroxylation is 4. The quantitative estimate of drug-likeness (QED) is 0.156. The Hall–Kier alpha value is -7.04. The number of benzene rings is 8. The molecule has 0 saturated carbocycles. The van der Waals surface area contributed by atoms with Gasteiger partial charge in [-0.05, 0) is 71.5 Å². The summed E-state index contributed by atoms with van der Waals surface area (Å²) in [7, 11) is 0. The molecule has 0 unspecified atom stereocenters. The molecule has 278 valence electrons. The van der Waals surface area contributed by atoms with Crippen molar-refractivity contribution < 1.29 is 0 Å². The van der Waals surface area contributed by atoms with Crippen molar-refractivity contribution in [2.45, 2.75) is 39.0 Å². The molecule has 0 aromatic heterocycles. The third kappa shape index (κ3) is 5.43. The minimum Gasteiger partial charge on any atom is -0.243 e. The van der Waals surface area contributed by atoms with Crippen LogP contribution in [0.5, 0.6) is 0 Å². The Morgan fingerprint density at radius 2 is 0.517 bits per heavy atom. The van der Waals surface area contributed by atoms with Gasteiger partial charge in [0.25, 0.3) is 0 Å².